The Hall–Kier alpha value is -0.110. The molecule has 0 aliphatic heterocycles. The molecule has 1 aromatic carbocycles. The highest BCUT2D eigenvalue weighted by atomic mass is 35.5. The molecule has 0 heterocycles. The van der Waals surface area contributed by atoms with Gasteiger partial charge in [0.2, 0.25) is 0 Å². The highest BCUT2D eigenvalue weighted by Gasteiger charge is 2.16. The van der Waals surface area contributed by atoms with Crippen LogP contribution in [0.1, 0.15) is 32.1 Å². The predicted molar refractivity (Wildman–Crippen MR) is 72.0 cm³/mol. The second-order valence-corrected chi connectivity index (χ2v) is 5.47. The molecule has 2 rings (SSSR count). The van der Waals surface area contributed by atoms with Gasteiger partial charge in [0.05, 0.1) is 15.7 Å². The highest BCUT2D eigenvalue weighted by Crippen LogP contribution is 2.35. The van der Waals surface area contributed by atoms with E-state index in [1.165, 1.54) is 32.1 Å². The number of halogens is 3. The van der Waals surface area contributed by atoms with Crippen molar-refractivity contribution in [3.63, 3.8) is 0 Å². The summed E-state index contributed by atoms with van der Waals surface area (Å²) in [5.41, 5.74) is 0.819. The van der Waals surface area contributed by atoms with Crippen molar-refractivity contribution < 1.29 is 0 Å². The molecular formula is C12H14Cl3N. The third-order valence-corrected chi connectivity index (χ3v) is 3.77. The first kappa shape index (κ1) is 12.3. The average molecular weight is 279 g/mol. The molecular weight excluding hydrogens is 264 g/mol. The molecule has 1 N–H and O–H groups in total. The van der Waals surface area contributed by atoms with Crippen LogP contribution in [0.25, 0.3) is 0 Å². The number of benzene rings is 1. The Kier molecular flexibility index (Phi) is 4.23. The molecule has 1 aliphatic carbocycles. The molecule has 1 saturated carbocycles. The summed E-state index contributed by atoms with van der Waals surface area (Å²) in [5.74, 6) is 0. The lowest BCUT2D eigenvalue weighted by molar-refractivity contribution is 0.463. The van der Waals surface area contributed by atoms with Gasteiger partial charge in [-0.25, -0.2) is 0 Å². The fourth-order valence-electron chi connectivity index (χ4n) is 2.13. The number of hydrogen-bond acceptors (Lipinski definition) is 1. The van der Waals surface area contributed by atoms with E-state index in [2.05, 4.69) is 5.32 Å². The minimum Gasteiger partial charge on any atom is -0.380 e. The Morgan fingerprint density at radius 2 is 1.50 bits per heavy atom. The largest absolute Gasteiger partial charge is 0.380 e. The minimum absolute atomic E-state index is 0.491. The van der Waals surface area contributed by atoms with Gasteiger partial charge < -0.3 is 5.32 Å². The molecule has 88 valence electrons. The van der Waals surface area contributed by atoms with E-state index in [0.717, 1.165) is 5.69 Å². The molecule has 0 saturated heterocycles. The maximum absolute atomic E-state index is 6.12. The number of rotatable bonds is 2. The predicted octanol–water partition coefficient (Wildman–Crippen LogP) is 5.39. The summed E-state index contributed by atoms with van der Waals surface area (Å²) in [6.45, 7) is 0. The molecule has 16 heavy (non-hydrogen) atoms. The van der Waals surface area contributed by atoms with Crippen molar-refractivity contribution >= 4 is 40.5 Å². The molecule has 0 atom stereocenters. The molecule has 0 bridgehead atoms. The topological polar surface area (TPSA) is 12.0 Å². The maximum atomic E-state index is 6.12. The van der Waals surface area contributed by atoms with Gasteiger partial charge in [0.1, 0.15) is 0 Å². The van der Waals surface area contributed by atoms with Crippen LogP contribution in [0.4, 0.5) is 5.69 Å². The molecule has 0 radical (unpaired) electrons. The number of nitrogens with one attached hydrogen (secondary N) is 1. The monoisotopic (exact) mass is 277 g/mol. The summed E-state index contributed by atoms with van der Waals surface area (Å²) in [6, 6.07) is 3.94. The first-order valence-electron chi connectivity index (χ1n) is 5.58. The molecule has 0 amide bonds. The minimum atomic E-state index is 0.491. The van der Waals surface area contributed by atoms with E-state index in [4.69, 9.17) is 34.8 Å². The van der Waals surface area contributed by atoms with E-state index in [9.17, 15) is 0 Å². The van der Waals surface area contributed by atoms with Crippen LogP contribution < -0.4 is 5.32 Å². The van der Waals surface area contributed by atoms with Gasteiger partial charge >= 0.3 is 0 Å². The summed E-state index contributed by atoms with van der Waals surface area (Å²) < 4.78 is 0. The lowest BCUT2D eigenvalue weighted by Crippen LogP contribution is -2.22. The van der Waals surface area contributed by atoms with E-state index < -0.39 is 0 Å². The molecule has 1 fully saturated rings. The zero-order valence-electron chi connectivity index (χ0n) is 8.90. The molecule has 1 aromatic rings. The number of anilines is 1. The summed E-state index contributed by atoms with van der Waals surface area (Å²) in [6.07, 6.45) is 6.27. The van der Waals surface area contributed by atoms with Crippen LogP contribution in [0.3, 0.4) is 0 Å². The first-order chi connectivity index (χ1) is 7.66. The Balaban J connectivity index is 2.14. The Labute approximate surface area is 111 Å². The number of hydrogen-bond donors (Lipinski definition) is 1. The van der Waals surface area contributed by atoms with Gasteiger partial charge in [0.15, 0.2) is 0 Å². The summed E-state index contributed by atoms with van der Waals surface area (Å²) in [4.78, 5) is 0. The third-order valence-electron chi connectivity index (χ3n) is 2.96. The van der Waals surface area contributed by atoms with E-state index in [-0.39, 0.29) is 0 Å². The van der Waals surface area contributed by atoms with E-state index in [0.29, 0.717) is 21.1 Å². The Bertz CT molecular complexity index is 350. The van der Waals surface area contributed by atoms with Crippen molar-refractivity contribution in [3.8, 4) is 0 Å². The summed E-state index contributed by atoms with van der Waals surface area (Å²) in [5, 5.41) is 5.20. The quantitative estimate of drug-likeness (QED) is 0.764. The van der Waals surface area contributed by atoms with Gasteiger partial charge in [0.25, 0.3) is 0 Å². The van der Waals surface area contributed by atoms with Crippen molar-refractivity contribution in [2.45, 2.75) is 38.1 Å². The SMILES string of the molecule is Clc1cc(Cl)c(NC2CCCCC2)c(Cl)c1. The van der Waals surface area contributed by atoms with Crippen LogP contribution in [0.15, 0.2) is 12.1 Å². The van der Waals surface area contributed by atoms with Crippen LogP contribution >= 0.6 is 34.8 Å². The van der Waals surface area contributed by atoms with E-state index >= 15 is 0 Å². The zero-order valence-corrected chi connectivity index (χ0v) is 11.2. The molecule has 0 spiro atoms. The summed E-state index contributed by atoms with van der Waals surface area (Å²) >= 11 is 18.1. The molecule has 0 aromatic heterocycles. The van der Waals surface area contributed by atoms with Crippen LogP contribution in [-0.4, -0.2) is 6.04 Å². The van der Waals surface area contributed by atoms with E-state index in [1.807, 2.05) is 0 Å². The fourth-order valence-corrected chi connectivity index (χ4v) is 3.06. The molecule has 1 aliphatic rings. The van der Waals surface area contributed by atoms with Gasteiger partial charge in [-0.2, -0.15) is 0 Å². The molecule has 0 unspecified atom stereocenters. The van der Waals surface area contributed by atoms with Gasteiger partial charge in [-0.1, -0.05) is 54.1 Å². The van der Waals surface area contributed by atoms with Crippen LogP contribution in [0.2, 0.25) is 15.1 Å². The lowest BCUT2D eigenvalue weighted by Gasteiger charge is -2.25. The smallest absolute Gasteiger partial charge is 0.0722 e. The molecule has 4 heteroatoms. The van der Waals surface area contributed by atoms with Crippen molar-refractivity contribution in [2.75, 3.05) is 5.32 Å². The first-order valence-corrected chi connectivity index (χ1v) is 6.71. The van der Waals surface area contributed by atoms with Crippen LogP contribution in [-0.2, 0) is 0 Å². The van der Waals surface area contributed by atoms with Crippen molar-refractivity contribution in [1.82, 2.24) is 0 Å². The normalized spacial score (nSPS) is 17.4. The third kappa shape index (κ3) is 2.97. The highest BCUT2D eigenvalue weighted by molar-refractivity contribution is 6.41. The Morgan fingerprint density at radius 1 is 0.938 bits per heavy atom. The standard InChI is InChI=1S/C12H14Cl3N/c13-8-6-10(14)12(11(15)7-8)16-9-4-2-1-3-5-9/h6-7,9,16H,1-5H2. The van der Waals surface area contributed by atoms with E-state index in [1.54, 1.807) is 12.1 Å². The van der Waals surface area contributed by atoms with Crippen molar-refractivity contribution in [2.24, 2.45) is 0 Å². The zero-order chi connectivity index (χ0) is 11.5. The molecule has 1 nitrogen and oxygen atoms in total. The fraction of sp³-hybridized carbons (Fsp3) is 0.500. The summed E-state index contributed by atoms with van der Waals surface area (Å²) in [7, 11) is 0. The van der Waals surface area contributed by atoms with Crippen LogP contribution in [0, 0.1) is 0 Å². The second kappa shape index (κ2) is 5.48. The van der Waals surface area contributed by atoms with Gasteiger partial charge in [-0.3, -0.25) is 0 Å². The van der Waals surface area contributed by atoms with Gasteiger partial charge in [0, 0.05) is 11.1 Å². The van der Waals surface area contributed by atoms with Crippen molar-refractivity contribution in [3.05, 3.63) is 27.2 Å². The Morgan fingerprint density at radius 3 is 2.06 bits per heavy atom. The van der Waals surface area contributed by atoms with Crippen molar-refractivity contribution in [1.29, 1.82) is 0 Å². The van der Waals surface area contributed by atoms with Gasteiger partial charge in [-0.15, -0.1) is 0 Å². The lowest BCUT2D eigenvalue weighted by atomic mass is 9.95. The average Bonchev–Trinajstić information content (AvgIpc) is 2.25. The maximum Gasteiger partial charge on any atom is 0.0722 e. The second-order valence-electron chi connectivity index (χ2n) is 4.22. The van der Waals surface area contributed by atoms with Crippen LogP contribution in [0.5, 0.6) is 0 Å². The van der Waals surface area contributed by atoms with Gasteiger partial charge in [-0.05, 0) is 25.0 Å².